The minimum Gasteiger partial charge on any atom is -0.339 e. The fourth-order valence-electron chi connectivity index (χ4n) is 3.03. The minimum absolute atomic E-state index is 0.0181. The number of sulfonamides is 1. The van der Waals surface area contributed by atoms with Crippen molar-refractivity contribution in [1.82, 2.24) is 13.9 Å². The Kier molecular flexibility index (Phi) is 5.10. The molecular weight excluding hydrogens is 359 g/mol. The zero-order valence-corrected chi connectivity index (χ0v) is 15.5. The molecule has 3 rings (SSSR count). The van der Waals surface area contributed by atoms with Gasteiger partial charge >= 0.3 is 0 Å². The van der Waals surface area contributed by atoms with Crippen molar-refractivity contribution in [2.75, 3.05) is 18.4 Å². The fraction of sp³-hybridized carbons (Fsp3) is 0.412. The molecule has 2 heterocycles. The van der Waals surface area contributed by atoms with Crippen LogP contribution < -0.4 is 5.32 Å². The van der Waals surface area contributed by atoms with Crippen molar-refractivity contribution in [3.8, 4) is 0 Å². The summed E-state index contributed by atoms with van der Waals surface area (Å²) in [6.07, 6.45) is 4.06. The molecule has 0 radical (unpaired) electrons. The summed E-state index contributed by atoms with van der Waals surface area (Å²) in [6, 6.07) is 4.13. The molecule has 0 bridgehead atoms. The van der Waals surface area contributed by atoms with Gasteiger partial charge in [-0.2, -0.15) is 4.31 Å². The quantitative estimate of drug-likeness (QED) is 0.878. The highest BCUT2D eigenvalue weighted by atomic mass is 32.2. The predicted molar refractivity (Wildman–Crippen MR) is 94.5 cm³/mol. The fourth-order valence-corrected chi connectivity index (χ4v) is 4.52. The number of hydrogen-bond acceptors (Lipinski definition) is 4. The van der Waals surface area contributed by atoms with E-state index in [1.807, 2.05) is 0 Å². The number of hydrogen-bond donors (Lipinski definition) is 1. The Bertz CT molecular complexity index is 926. The molecule has 0 saturated carbocycles. The second-order valence-corrected chi connectivity index (χ2v) is 8.41. The van der Waals surface area contributed by atoms with Crippen molar-refractivity contribution in [2.24, 2.45) is 13.0 Å². The van der Waals surface area contributed by atoms with Gasteiger partial charge in [-0.25, -0.2) is 17.8 Å². The summed E-state index contributed by atoms with van der Waals surface area (Å²) in [5.41, 5.74) is 1.15. The highest BCUT2D eigenvalue weighted by Crippen LogP contribution is 2.25. The van der Waals surface area contributed by atoms with Crippen LogP contribution in [0.5, 0.6) is 0 Å². The highest BCUT2D eigenvalue weighted by molar-refractivity contribution is 7.89. The SMILES string of the molecule is Cc1cc(F)ccc1NC(=O)[C@@H]1CCCN(S(=O)(=O)c2cn(C)cn2)C1. The second kappa shape index (κ2) is 7.16. The van der Waals surface area contributed by atoms with Crippen molar-refractivity contribution >= 4 is 21.6 Å². The number of carbonyl (C=O) groups excluding carboxylic acids is 1. The molecule has 1 aromatic heterocycles. The number of rotatable bonds is 4. The Morgan fingerprint density at radius 3 is 2.81 bits per heavy atom. The number of halogens is 1. The zero-order chi connectivity index (χ0) is 18.9. The molecule has 1 fully saturated rings. The second-order valence-electron chi connectivity index (χ2n) is 6.53. The number of carbonyl (C=O) groups is 1. The van der Waals surface area contributed by atoms with E-state index in [0.717, 1.165) is 0 Å². The maximum absolute atomic E-state index is 13.2. The van der Waals surface area contributed by atoms with Gasteiger partial charge in [-0.3, -0.25) is 4.79 Å². The molecule has 2 aromatic rings. The Hall–Kier alpha value is -2.26. The van der Waals surface area contributed by atoms with Crippen LogP contribution in [0.2, 0.25) is 0 Å². The summed E-state index contributed by atoms with van der Waals surface area (Å²) in [6.45, 7) is 2.17. The third kappa shape index (κ3) is 3.78. The number of benzene rings is 1. The van der Waals surface area contributed by atoms with Crippen molar-refractivity contribution in [2.45, 2.75) is 24.8 Å². The minimum atomic E-state index is -3.72. The Balaban J connectivity index is 1.72. The van der Waals surface area contributed by atoms with E-state index in [1.165, 1.54) is 35.0 Å². The number of aryl methyl sites for hydroxylation is 2. The van der Waals surface area contributed by atoms with Crippen LogP contribution in [0.25, 0.3) is 0 Å². The topological polar surface area (TPSA) is 84.3 Å². The van der Waals surface area contributed by atoms with Gasteiger partial charge in [-0.1, -0.05) is 0 Å². The van der Waals surface area contributed by atoms with Gasteiger partial charge in [0.25, 0.3) is 10.0 Å². The van der Waals surface area contributed by atoms with Gasteiger partial charge in [0.1, 0.15) is 5.82 Å². The van der Waals surface area contributed by atoms with Crippen molar-refractivity contribution in [1.29, 1.82) is 0 Å². The molecule has 1 aromatic carbocycles. The first-order valence-electron chi connectivity index (χ1n) is 8.32. The lowest BCUT2D eigenvalue weighted by molar-refractivity contribution is -0.120. The number of nitrogens with one attached hydrogen (secondary N) is 1. The van der Waals surface area contributed by atoms with Crippen LogP contribution in [0.4, 0.5) is 10.1 Å². The van der Waals surface area contributed by atoms with E-state index in [2.05, 4.69) is 10.3 Å². The lowest BCUT2D eigenvalue weighted by atomic mass is 9.98. The van der Waals surface area contributed by atoms with E-state index in [0.29, 0.717) is 30.6 Å². The van der Waals surface area contributed by atoms with E-state index in [4.69, 9.17) is 0 Å². The maximum atomic E-state index is 13.2. The van der Waals surface area contributed by atoms with Gasteiger partial charge in [0.05, 0.1) is 12.2 Å². The molecule has 7 nitrogen and oxygen atoms in total. The largest absolute Gasteiger partial charge is 0.339 e. The molecule has 1 atom stereocenters. The maximum Gasteiger partial charge on any atom is 0.262 e. The van der Waals surface area contributed by atoms with E-state index in [9.17, 15) is 17.6 Å². The normalized spacial score (nSPS) is 18.7. The molecule has 140 valence electrons. The number of piperidine rings is 1. The molecule has 1 amide bonds. The smallest absolute Gasteiger partial charge is 0.262 e. The summed E-state index contributed by atoms with van der Waals surface area (Å²) >= 11 is 0. The van der Waals surface area contributed by atoms with Gasteiger partial charge < -0.3 is 9.88 Å². The van der Waals surface area contributed by atoms with Gasteiger partial charge in [0.2, 0.25) is 5.91 Å². The van der Waals surface area contributed by atoms with E-state index in [-0.39, 0.29) is 23.3 Å². The average Bonchev–Trinajstić information content (AvgIpc) is 3.05. The van der Waals surface area contributed by atoms with Gasteiger partial charge in [-0.15, -0.1) is 0 Å². The van der Waals surface area contributed by atoms with Gasteiger partial charge in [-0.05, 0) is 43.5 Å². The van der Waals surface area contributed by atoms with Crippen molar-refractivity contribution in [3.63, 3.8) is 0 Å². The van der Waals surface area contributed by atoms with Crippen molar-refractivity contribution in [3.05, 3.63) is 42.1 Å². The van der Waals surface area contributed by atoms with Crippen LogP contribution >= 0.6 is 0 Å². The number of aromatic nitrogens is 2. The molecule has 0 aliphatic carbocycles. The summed E-state index contributed by atoms with van der Waals surface area (Å²) in [5.74, 6) is -1.10. The Morgan fingerprint density at radius 2 is 2.15 bits per heavy atom. The molecular formula is C17H21FN4O3S. The lowest BCUT2D eigenvalue weighted by Crippen LogP contribution is -2.43. The number of imidazole rings is 1. The van der Waals surface area contributed by atoms with Gasteiger partial charge in [0, 0.05) is 32.0 Å². The monoisotopic (exact) mass is 380 g/mol. The molecule has 1 aliphatic heterocycles. The molecule has 1 aliphatic rings. The molecule has 26 heavy (non-hydrogen) atoms. The summed E-state index contributed by atoms with van der Waals surface area (Å²) in [5, 5.41) is 2.76. The number of anilines is 1. The number of nitrogens with zero attached hydrogens (tertiary/aromatic N) is 3. The highest BCUT2D eigenvalue weighted by Gasteiger charge is 2.34. The van der Waals surface area contributed by atoms with E-state index < -0.39 is 15.9 Å². The van der Waals surface area contributed by atoms with E-state index in [1.54, 1.807) is 18.5 Å². The first-order chi connectivity index (χ1) is 12.3. The van der Waals surface area contributed by atoms with Crippen LogP contribution in [-0.4, -0.2) is 41.3 Å². The van der Waals surface area contributed by atoms with Crippen LogP contribution in [0.1, 0.15) is 18.4 Å². The van der Waals surface area contributed by atoms with Crippen LogP contribution in [0.3, 0.4) is 0 Å². The Labute approximate surface area is 151 Å². The van der Waals surface area contributed by atoms with Crippen molar-refractivity contribution < 1.29 is 17.6 Å². The molecule has 0 spiro atoms. The van der Waals surface area contributed by atoms with Crippen LogP contribution in [0, 0.1) is 18.7 Å². The van der Waals surface area contributed by atoms with E-state index >= 15 is 0 Å². The molecule has 0 unspecified atom stereocenters. The zero-order valence-electron chi connectivity index (χ0n) is 14.6. The Morgan fingerprint density at radius 1 is 1.38 bits per heavy atom. The third-order valence-electron chi connectivity index (χ3n) is 4.49. The van der Waals surface area contributed by atoms with Crippen LogP contribution in [0.15, 0.2) is 35.7 Å². The predicted octanol–water partition coefficient (Wildman–Crippen LogP) is 1.91. The summed E-state index contributed by atoms with van der Waals surface area (Å²) in [4.78, 5) is 16.5. The lowest BCUT2D eigenvalue weighted by Gasteiger charge is -2.30. The summed E-state index contributed by atoms with van der Waals surface area (Å²) < 4.78 is 41.5. The summed E-state index contributed by atoms with van der Waals surface area (Å²) in [7, 11) is -2.02. The molecule has 1 N–H and O–H groups in total. The number of amides is 1. The van der Waals surface area contributed by atoms with Crippen LogP contribution in [-0.2, 0) is 21.9 Å². The first kappa shape index (κ1) is 18.5. The van der Waals surface area contributed by atoms with Gasteiger partial charge in [0.15, 0.2) is 5.03 Å². The average molecular weight is 380 g/mol. The molecule has 9 heteroatoms. The standard InChI is InChI=1S/C17H21FN4O3S/c1-12-8-14(18)5-6-15(12)20-17(23)13-4-3-7-22(9-13)26(24,25)16-10-21(2)11-19-16/h5-6,8,10-11,13H,3-4,7,9H2,1-2H3,(H,20,23)/t13-/m1/s1. The third-order valence-corrected chi connectivity index (χ3v) is 6.24. The first-order valence-corrected chi connectivity index (χ1v) is 9.76. The molecule has 1 saturated heterocycles.